The highest BCUT2D eigenvalue weighted by Crippen LogP contribution is 2.08. The molecule has 1 heterocycles. The number of carboxylic acids is 1. The first-order valence-corrected chi connectivity index (χ1v) is 6.24. The Morgan fingerprint density at radius 1 is 1.35 bits per heavy atom. The fourth-order valence-corrected chi connectivity index (χ4v) is 1.48. The van der Waals surface area contributed by atoms with Crippen molar-refractivity contribution in [3.63, 3.8) is 0 Å². The highest BCUT2D eigenvalue weighted by atomic mass is 16.6. The van der Waals surface area contributed by atoms with Crippen LogP contribution in [0.3, 0.4) is 0 Å². The summed E-state index contributed by atoms with van der Waals surface area (Å²) in [6.45, 7) is 5.14. The van der Waals surface area contributed by atoms with E-state index in [1.54, 1.807) is 33.2 Å². The van der Waals surface area contributed by atoms with Crippen LogP contribution in [0.15, 0.2) is 18.7 Å². The third-order valence-corrected chi connectivity index (χ3v) is 2.32. The van der Waals surface area contributed by atoms with Crippen molar-refractivity contribution in [1.82, 2.24) is 15.3 Å². The standard InChI is InChI=1S/C13H19N3O4/c1-13(2,3)20-12(19)16-10(11(17)18)5-4-9-6-14-8-15-7-9/h6-8,10H,4-5H2,1-3H3,(H,16,19)(H,17,18)/t10-/m1/s1. The molecule has 1 atom stereocenters. The number of carbonyl (C=O) groups is 2. The molecule has 0 saturated heterocycles. The summed E-state index contributed by atoms with van der Waals surface area (Å²) >= 11 is 0. The Labute approximate surface area is 117 Å². The quantitative estimate of drug-likeness (QED) is 0.845. The molecule has 1 amide bonds. The van der Waals surface area contributed by atoms with Crippen LogP contribution in [0.1, 0.15) is 32.8 Å². The van der Waals surface area contributed by atoms with Gasteiger partial charge in [-0.2, -0.15) is 0 Å². The van der Waals surface area contributed by atoms with E-state index in [4.69, 9.17) is 9.84 Å². The van der Waals surface area contributed by atoms with Gasteiger partial charge >= 0.3 is 12.1 Å². The molecule has 0 bridgehead atoms. The summed E-state index contributed by atoms with van der Waals surface area (Å²) in [4.78, 5) is 30.4. The van der Waals surface area contributed by atoms with Crippen molar-refractivity contribution in [2.45, 2.75) is 45.3 Å². The van der Waals surface area contributed by atoms with Crippen LogP contribution in [0.2, 0.25) is 0 Å². The maximum Gasteiger partial charge on any atom is 0.408 e. The summed E-state index contributed by atoms with van der Waals surface area (Å²) in [5.74, 6) is -1.10. The van der Waals surface area contributed by atoms with Crippen LogP contribution in [-0.4, -0.2) is 38.8 Å². The van der Waals surface area contributed by atoms with E-state index in [0.717, 1.165) is 5.56 Å². The van der Waals surface area contributed by atoms with Crippen LogP contribution in [0.25, 0.3) is 0 Å². The lowest BCUT2D eigenvalue weighted by Gasteiger charge is -2.22. The molecule has 0 aliphatic rings. The monoisotopic (exact) mass is 281 g/mol. The number of hydrogen-bond donors (Lipinski definition) is 2. The number of aliphatic carboxylic acids is 1. The molecule has 0 fully saturated rings. The van der Waals surface area contributed by atoms with E-state index in [9.17, 15) is 9.59 Å². The van der Waals surface area contributed by atoms with Crippen molar-refractivity contribution in [2.75, 3.05) is 0 Å². The summed E-state index contributed by atoms with van der Waals surface area (Å²) in [7, 11) is 0. The number of nitrogens with one attached hydrogen (secondary N) is 1. The predicted octanol–water partition coefficient (Wildman–Crippen LogP) is 1.39. The zero-order valence-electron chi connectivity index (χ0n) is 11.8. The SMILES string of the molecule is CC(C)(C)OC(=O)N[C@H](CCc1cncnc1)C(=O)O. The lowest BCUT2D eigenvalue weighted by atomic mass is 10.1. The molecule has 0 unspecified atom stereocenters. The number of alkyl carbamates (subject to hydrolysis) is 1. The molecule has 2 N–H and O–H groups in total. The lowest BCUT2D eigenvalue weighted by Crippen LogP contribution is -2.43. The van der Waals surface area contributed by atoms with Gasteiger partial charge in [-0.3, -0.25) is 0 Å². The van der Waals surface area contributed by atoms with Crippen molar-refractivity contribution in [3.05, 3.63) is 24.3 Å². The number of nitrogens with zero attached hydrogens (tertiary/aromatic N) is 2. The minimum absolute atomic E-state index is 0.238. The van der Waals surface area contributed by atoms with Crippen LogP contribution in [0.4, 0.5) is 4.79 Å². The van der Waals surface area contributed by atoms with E-state index in [-0.39, 0.29) is 6.42 Å². The first kappa shape index (κ1) is 15.9. The van der Waals surface area contributed by atoms with Gasteiger partial charge in [0, 0.05) is 12.4 Å². The number of aryl methyl sites for hydroxylation is 1. The Morgan fingerprint density at radius 2 is 1.95 bits per heavy atom. The Hall–Kier alpha value is -2.18. The summed E-state index contributed by atoms with van der Waals surface area (Å²) in [6.07, 6.45) is 4.57. The fourth-order valence-electron chi connectivity index (χ4n) is 1.48. The van der Waals surface area contributed by atoms with E-state index in [1.807, 2.05) is 0 Å². The topological polar surface area (TPSA) is 101 Å². The Morgan fingerprint density at radius 3 is 2.45 bits per heavy atom. The average molecular weight is 281 g/mol. The molecule has 0 radical (unpaired) electrons. The Bertz CT molecular complexity index is 456. The number of hydrogen-bond acceptors (Lipinski definition) is 5. The fraction of sp³-hybridized carbons (Fsp3) is 0.538. The van der Waals surface area contributed by atoms with Crippen molar-refractivity contribution in [1.29, 1.82) is 0 Å². The van der Waals surface area contributed by atoms with Gasteiger partial charge in [0.05, 0.1) is 0 Å². The minimum Gasteiger partial charge on any atom is -0.480 e. The number of carbonyl (C=O) groups excluding carboxylic acids is 1. The molecule has 1 aromatic rings. The van der Waals surface area contributed by atoms with Gasteiger partial charge in [0.25, 0.3) is 0 Å². The normalized spacial score (nSPS) is 12.6. The van der Waals surface area contributed by atoms with Gasteiger partial charge in [-0.25, -0.2) is 19.6 Å². The third-order valence-electron chi connectivity index (χ3n) is 2.32. The molecular formula is C13H19N3O4. The molecule has 1 rings (SSSR count). The number of aromatic nitrogens is 2. The van der Waals surface area contributed by atoms with Gasteiger partial charge in [0.2, 0.25) is 0 Å². The predicted molar refractivity (Wildman–Crippen MR) is 71.1 cm³/mol. The summed E-state index contributed by atoms with van der Waals surface area (Å²) in [5.41, 5.74) is 0.144. The first-order chi connectivity index (χ1) is 9.28. The van der Waals surface area contributed by atoms with Gasteiger partial charge in [-0.15, -0.1) is 0 Å². The first-order valence-electron chi connectivity index (χ1n) is 6.24. The number of amides is 1. The summed E-state index contributed by atoms with van der Waals surface area (Å²) < 4.78 is 5.03. The lowest BCUT2D eigenvalue weighted by molar-refractivity contribution is -0.139. The molecule has 0 spiro atoms. The highest BCUT2D eigenvalue weighted by molar-refractivity contribution is 5.80. The van der Waals surface area contributed by atoms with Gasteiger partial charge < -0.3 is 15.2 Å². The van der Waals surface area contributed by atoms with Crippen molar-refractivity contribution in [2.24, 2.45) is 0 Å². The molecule has 0 saturated carbocycles. The van der Waals surface area contributed by atoms with Crippen molar-refractivity contribution >= 4 is 12.1 Å². The smallest absolute Gasteiger partial charge is 0.408 e. The molecule has 110 valence electrons. The van der Waals surface area contributed by atoms with E-state index in [1.165, 1.54) is 6.33 Å². The van der Waals surface area contributed by atoms with Gasteiger partial charge in [0.1, 0.15) is 18.0 Å². The number of ether oxygens (including phenoxy) is 1. The second-order valence-electron chi connectivity index (χ2n) is 5.32. The van der Waals surface area contributed by atoms with Crippen LogP contribution >= 0.6 is 0 Å². The zero-order chi connectivity index (χ0) is 15.2. The Balaban J connectivity index is 2.53. The maximum absolute atomic E-state index is 11.6. The maximum atomic E-state index is 11.6. The van der Waals surface area contributed by atoms with Crippen LogP contribution in [-0.2, 0) is 16.0 Å². The number of carboxylic acid groups (broad SMARTS) is 1. The average Bonchev–Trinajstić information content (AvgIpc) is 2.33. The van der Waals surface area contributed by atoms with E-state index in [2.05, 4.69) is 15.3 Å². The van der Waals surface area contributed by atoms with Gasteiger partial charge in [-0.05, 0) is 39.2 Å². The third kappa shape index (κ3) is 6.12. The van der Waals surface area contributed by atoms with E-state index < -0.39 is 23.7 Å². The zero-order valence-corrected chi connectivity index (χ0v) is 11.8. The highest BCUT2D eigenvalue weighted by Gasteiger charge is 2.23. The van der Waals surface area contributed by atoms with Crippen molar-refractivity contribution < 1.29 is 19.4 Å². The van der Waals surface area contributed by atoms with Crippen LogP contribution in [0, 0.1) is 0 Å². The largest absolute Gasteiger partial charge is 0.480 e. The molecule has 0 aliphatic carbocycles. The van der Waals surface area contributed by atoms with Gasteiger partial charge in [0.15, 0.2) is 0 Å². The summed E-state index contributed by atoms with van der Waals surface area (Å²) in [5, 5.41) is 11.4. The number of rotatable bonds is 5. The molecule has 1 aromatic heterocycles. The second-order valence-corrected chi connectivity index (χ2v) is 5.32. The van der Waals surface area contributed by atoms with E-state index >= 15 is 0 Å². The molecule has 0 aromatic carbocycles. The molecule has 7 heteroatoms. The van der Waals surface area contributed by atoms with Crippen LogP contribution in [0.5, 0.6) is 0 Å². The molecule has 7 nitrogen and oxygen atoms in total. The minimum atomic E-state index is -1.10. The van der Waals surface area contributed by atoms with E-state index in [0.29, 0.717) is 6.42 Å². The van der Waals surface area contributed by atoms with Gasteiger partial charge in [-0.1, -0.05) is 0 Å². The molecule has 0 aliphatic heterocycles. The second kappa shape index (κ2) is 6.83. The Kier molecular flexibility index (Phi) is 5.42. The molecule has 20 heavy (non-hydrogen) atoms. The summed E-state index contributed by atoms with van der Waals surface area (Å²) in [6, 6.07) is -1.01. The van der Waals surface area contributed by atoms with Crippen LogP contribution < -0.4 is 5.32 Å². The molecular weight excluding hydrogens is 262 g/mol. The van der Waals surface area contributed by atoms with Crippen molar-refractivity contribution in [3.8, 4) is 0 Å².